The fraction of sp³-hybridized carbons (Fsp3) is 1.00. The number of rotatable bonds is 0. The molecule has 0 heterocycles. The van der Waals surface area contributed by atoms with Crippen molar-refractivity contribution in [1.82, 2.24) is 0 Å². The smallest absolute Gasteiger partial charge is 0.861 e. The van der Waals surface area contributed by atoms with Crippen LogP contribution in [0, 0.1) is 0 Å². The van der Waals surface area contributed by atoms with Gasteiger partial charge in [0, 0.05) is 0 Å². The van der Waals surface area contributed by atoms with E-state index in [1.807, 2.05) is 0 Å². The molecule has 5 heavy (non-hydrogen) atoms. The van der Waals surface area contributed by atoms with Crippen molar-refractivity contribution in [3.8, 4) is 0 Å². The predicted octanol–water partition coefficient (Wildman–Crippen LogP) is -3.40. The molecule has 0 spiro atoms. The van der Waals surface area contributed by atoms with Crippen LogP contribution in [0.3, 0.4) is 0 Å². The Morgan fingerprint density at radius 1 is 1.40 bits per heavy atom. The van der Waals surface area contributed by atoms with Crippen molar-refractivity contribution in [2.75, 3.05) is 0 Å². The normalized spacial score (nSPS) is 7.20. The second-order valence-corrected chi connectivity index (χ2v) is 2.72. The second-order valence-electron chi connectivity index (χ2n) is 0.908. The predicted molar refractivity (Wildman–Crippen MR) is 17.5 cm³/mol. The van der Waals surface area contributed by atoms with E-state index in [4.69, 9.17) is 0 Å². The monoisotopic (exact) mass is 113 g/mol. The summed E-state index contributed by atoms with van der Waals surface area (Å²) in [4.78, 5) is 9.63. The summed E-state index contributed by atoms with van der Waals surface area (Å²) in [7, 11) is -1.13. The van der Waals surface area contributed by atoms with E-state index in [-0.39, 0.29) is 51.4 Å². The molecule has 1 nitrogen and oxygen atoms in total. The minimum Gasteiger partial charge on any atom is -0.861 e. The van der Waals surface area contributed by atoms with Gasteiger partial charge >= 0.3 is 51.4 Å². The number of hydrogen-bond acceptors (Lipinski definition) is 1. The minimum absolute atomic E-state index is 0. The zero-order valence-corrected chi connectivity index (χ0v) is 8.03. The summed E-state index contributed by atoms with van der Waals surface area (Å²) in [5.41, 5.74) is 0. The van der Waals surface area contributed by atoms with Gasteiger partial charge in [0.15, 0.2) is 0 Å². The van der Waals surface area contributed by atoms with Crippen molar-refractivity contribution in [1.29, 1.82) is 0 Å². The van der Waals surface area contributed by atoms with Crippen LogP contribution in [0.1, 0.15) is 0 Å². The van der Waals surface area contributed by atoms with Crippen LogP contribution in [0.25, 0.3) is 0 Å². The average Bonchev–Trinajstić information content (AvgIpc) is 0.811. The molecule has 0 aliphatic heterocycles. The van der Waals surface area contributed by atoms with Crippen molar-refractivity contribution < 1.29 is 56.2 Å². The molecule has 0 aliphatic rings. The van der Waals surface area contributed by atoms with Crippen LogP contribution in [-0.2, 0) is 0 Å². The van der Waals surface area contributed by atoms with Crippen molar-refractivity contribution in [2.24, 2.45) is 0 Å². The first kappa shape index (κ1) is 9.94. The van der Waals surface area contributed by atoms with E-state index in [9.17, 15) is 4.80 Å². The molecule has 0 bridgehead atoms. The molecule has 0 atom stereocenters. The Bertz CT molecular complexity index is 14.4. The Morgan fingerprint density at radius 3 is 1.40 bits per heavy atom. The number of hydrogen-bond donors (Lipinski definition) is 0. The third-order valence-corrected chi connectivity index (χ3v) is 0. The molecule has 0 aromatic heterocycles. The maximum atomic E-state index is 9.63. The summed E-state index contributed by atoms with van der Waals surface area (Å²) in [6, 6.07) is 0. The molecule has 0 rings (SSSR count). The van der Waals surface area contributed by atoms with Gasteiger partial charge in [0.1, 0.15) is 0 Å². The van der Waals surface area contributed by atoms with Crippen LogP contribution in [0.4, 0.5) is 0 Å². The molecule has 0 amide bonds. The van der Waals surface area contributed by atoms with Gasteiger partial charge in [0.05, 0.1) is 0 Å². The molecule has 0 fully saturated rings. The Hall–Kier alpha value is 1.81. The van der Waals surface area contributed by atoms with Crippen molar-refractivity contribution >= 4 is 9.04 Å². The van der Waals surface area contributed by atoms with Crippen LogP contribution in [0.15, 0.2) is 0 Å². The molecule has 0 unspecified atom stereocenters. The topological polar surface area (TPSA) is 23.1 Å². The van der Waals surface area contributed by atoms with Gasteiger partial charge in [-0.15, -0.1) is 0 Å². The van der Waals surface area contributed by atoms with Gasteiger partial charge in [-0.2, -0.15) is 0 Å². The summed E-state index contributed by atoms with van der Waals surface area (Å²) >= 11 is 0. The van der Waals surface area contributed by atoms with E-state index >= 15 is 0 Å². The van der Waals surface area contributed by atoms with E-state index in [1.54, 1.807) is 13.1 Å². The first-order chi connectivity index (χ1) is 1.73. The summed E-state index contributed by atoms with van der Waals surface area (Å²) in [6.07, 6.45) is 0. The molecular formula is C2H6KOSi. The maximum absolute atomic E-state index is 9.63. The van der Waals surface area contributed by atoms with E-state index in [0.717, 1.165) is 0 Å². The van der Waals surface area contributed by atoms with E-state index in [1.165, 1.54) is 0 Å². The van der Waals surface area contributed by atoms with Crippen molar-refractivity contribution in [3.05, 3.63) is 0 Å². The Morgan fingerprint density at radius 2 is 1.40 bits per heavy atom. The molecule has 1 radical (unpaired) electrons. The van der Waals surface area contributed by atoms with Gasteiger partial charge in [0.25, 0.3) is 0 Å². The molecule has 3 heteroatoms. The summed E-state index contributed by atoms with van der Waals surface area (Å²) in [5, 5.41) is 0. The average molecular weight is 113 g/mol. The van der Waals surface area contributed by atoms with Gasteiger partial charge in [-0.1, -0.05) is 22.1 Å². The van der Waals surface area contributed by atoms with Crippen LogP contribution in [0.2, 0.25) is 13.1 Å². The second kappa shape index (κ2) is 5.81. The fourth-order valence-electron chi connectivity index (χ4n) is 0. The molecule has 25 valence electrons. The zero-order valence-electron chi connectivity index (χ0n) is 3.91. The third-order valence-electron chi connectivity index (χ3n) is 0. The van der Waals surface area contributed by atoms with E-state index < -0.39 is 9.04 Å². The molecule has 0 saturated heterocycles. The van der Waals surface area contributed by atoms with Crippen LogP contribution in [0.5, 0.6) is 0 Å². The zero-order chi connectivity index (χ0) is 3.58. The first-order valence-electron chi connectivity index (χ1n) is 1.20. The molecule has 0 aromatic carbocycles. The van der Waals surface area contributed by atoms with Gasteiger partial charge < -0.3 is 4.80 Å². The first-order valence-corrected chi connectivity index (χ1v) is 3.61. The van der Waals surface area contributed by atoms with Gasteiger partial charge in [-0.3, -0.25) is 0 Å². The summed E-state index contributed by atoms with van der Waals surface area (Å²) in [6.45, 7) is 3.43. The Labute approximate surface area is 76.9 Å². The van der Waals surface area contributed by atoms with E-state index in [2.05, 4.69) is 0 Å². The van der Waals surface area contributed by atoms with Crippen LogP contribution < -0.4 is 56.2 Å². The standard InChI is InChI=1S/C2H6OSi.K/c1-4(2)3;/h1-2H3;/q-1;+1. The van der Waals surface area contributed by atoms with Gasteiger partial charge in [0.2, 0.25) is 0 Å². The van der Waals surface area contributed by atoms with Gasteiger partial charge in [-0.25, -0.2) is 0 Å². The Balaban J connectivity index is 0. The molecular weight excluding hydrogens is 107 g/mol. The van der Waals surface area contributed by atoms with Crippen LogP contribution >= 0.6 is 0 Å². The quantitative estimate of drug-likeness (QED) is 0.300. The van der Waals surface area contributed by atoms with E-state index in [0.29, 0.717) is 0 Å². The van der Waals surface area contributed by atoms with Gasteiger partial charge in [-0.05, 0) is 0 Å². The summed E-state index contributed by atoms with van der Waals surface area (Å²) in [5.74, 6) is 0. The Kier molecular flexibility index (Phi) is 11.6. The maximum Gasteiger partial charge on any atom is 1.00 e. The fourth-order valence-corrected chi connectivity index (χ4v) is 0. The summed E-state index contributed by atoms with van der Waals surface area (Å²) < 4.78 is 0. The van der Waals surface area contributed by atoms with Crippen molar-refractivity contribution in [2.45, 2.75) is 13.1 Å². The van der Waals surface area contributed by atoms with Crippen LogP contribution in [-0.4, -0.2) is 9.04 Å². The minimum atomic E-state index is -1.13. The molecule has 0 aliphatic carbocycles. The SMILES string of the molecule is C[Si](C)[O-].[K+]. The van der Waals surface area contributed by atoms with Crippen molar-refractivity contribution in [3.63, 3.8) is 0 Å². The largest absolute Gasteiger partial charge is 1.00 e. The third kappa shape index (κ3) is 25.7. The molecule has 0 aromatic rings. The molecule has 0 saturated carbocycles. The molecule has 0 N–H and O–H groups in total.